The van der Waals surface area contributed by atoms with E-state index in [0.717, 1.165) is 18.2 Å². The number of carboxylic acid groups (broad SMARTS) is 1. The third-order valence-corrected chi connectivity index (χ3v) is 2.83. The van der Waals surface area contributed by atoms with Crippen LogP contribution >= 0.6 is 10.7 Å². The molecule has 76 valence electrons. The quantitative estimate of drug-likeness (QED) is 0.748. The third-order valence-electron chi connectivity index (χ3n) is 1.48. The van der Waals surface area contributed by atoms with Crippen molar-refractivity contribution in [3.63, 3.8) is 0 Å². The number of hydrogen-bond acceptors (Lipinski definition) is 4. The van der Waals surface area contributed by atoms with Crippen LogP contribution in [-0.2, 0) is 9.05 Å². The van der Waals surface area contributed by atoms with Crippen molar-refractivity contribution in [3.8, 4) is 5.75 Å². The Hall–Kier alpha value is -1.27. The topological polar surface area (TPSA) is 91.7 Å². The van der Waals surface area contributed by atoms with Gasteiger partial charge in [-0.05, 0) is 18.2 Å². The number of carbonyl (C=O) groups is 1. The van der Waals surface area contributed by atoms with Crippen molar-refractivity contribution in [2.24, 2.45) is 0 Å². The zero-order valence-corrected chi connectivity index (χ0v) is 8.21. The van der Waals surface area contributed by atoms with E-state index in [9.17, 15) is 13.2 Å². The minimum absolute atomic E-state index is 0.366. The number of benzene rings is 1. The predicted molar refractivity (Wildman–Crippen MR) is 48.1 cm³/mol. The minimum Gasteiger partial charge on any atom is -0.507 e. The molecule has 1 aromatic carbocycles. The van der Waals surface area contributed by atoms with Crippen LogP contribution in [0.5, 0.6) is 5.75 Å². The highest BCUT2D eigenvalue weighted by Gasteiger charge is 2.16. The van der Waals surface area contributed by atoms with Crippen LogP contribution in [0.4, 0.5) is 0 Å². The molecule has 0 unspecified atom stereocenters. The van der Waals surface area contributed by atoms with Crippen molar-refractivity contribution in [2.75, 3.05) is 0 Å². The average Bonchev–Trinajstić information content (AvgIpc) is 2.02. The Morgan fingerprint density at radius 3 is 2.36 bits per heavy atom. The summed E-state index contributed by atoms with van der Waals surface area (Å²) < 4.78 is 21.6. The molecule has 0 fully saturated rings. The van der Waals surface area contributed by atoms with E-state index in [1.54, 1.807) is 0 Å². The normalized spacial score (nSPS) is 11.2. The van der Waals surface area contributed by atoms with Gasteiger partial charge in [0.2, 0.25) is 0 Å². The SMILES string of the molecule is O=C(O)c1cc(S(=O)(=O)Cl)ccc1O. The fourth-order valence-electron chi connectivity index (χ4n) is 0.838. The lowest BCUT2D eigenvalue weighted by atomic mass is 10.2. The van der Waals surface area contributed by atoms with E-state index < -0.39 is 26.3 Å². The van der Waals surface area contributed by atoms with Crippen molar-refractivity contribution in [2.45, 2.75) is 4.90 Å². The van der Waals surface area contributed by atoms with Crippen LogP contribution < -0.4 is 0 Å². The van der Waals surface area contributed by atoms with Gasteiger partial charge < -0.3 is 10.2 Å². The number of hydrogen-bond donors (Lipinski definition) is 2. The summed E-state index contributed by atoms with van der Waals surface area (Å²) in [6.45, 7) is 0. The molecule has 0 aliphatic rings. The number of aromatic carboxylic acids is 1. The Bertz CT molecular complexity index is 479. The van der Waals surface area contributed by atoms with E-state index in [0.29, 0.717) is 0 Å². The van der Waals surface area contributed by atoms with Crippen molar-refractivity contribution >= 4 is 25.7 Å². The largest absolute Gasteiger partial charge is 0.507 e. The molecule has 2 N–H and O–H groups in total. The zero-order valence-electron chi connectivity index (χ0n) is 6.64. The Labute approximate surface area is 84.0 Å². The van der Waals surface area contributed by atoms with Gasteiger partial charge in [0.05, 0.1) is 4.90 Å². The van der Waals surface area contributed by atoms with Crippen LogP contribution in [0, 0.1) is 0 Å². The van der Waals surface area contributed by atoms with Crippen molar-refractivity contribution in [3.05, 3.63) is 23.8 Å². The maximum atomic E-state index is 10.8. The van der Waals surface area contributed by atoms with Gasteiger partial charge in [0.1, 0.15) is 11.3 Å². The first-order valence-corrected chi connectivity index (χ1v) is 5.64. The van der Waals surface area contributed by atoms with E-state index in [1.165, 1.54) is 0 Å². The van der Waals surface area contributed by atoms with Gasteiger partial charge in [-0.15, -0.1) is 0 Å². The van der Waals surface area contributed by atoms with Crippen LogP contribution in [0.3, 0.4) is 0 Å². The molecule has 1 rings (SSSR count). The fraction of sp³-hybridized carbons (Fsp3) is 0. The number of phenols is 1. The second kappa shape index (κ2) is 3.47. The molecular formula is C7H5ClO5S. The molecular weight excluding hydrogens is 232 g/mol. The predicted octanol–water partition coefficient (Wildman–Crippen LogP) is 1.02. The van der Waals surface area contributed by atoms with Gasteiger partial charge >= 0.3 is 5.97 Å². The van der Waals surface area contributed by atoms with Gasteiger partial charge in [-0.1, -0.05) is 0 Å². The molecule has 0 spiro atoms. The molecule has 1 aromatic rings. The fourth-order valence-corrected chi connectivity index (χ4v) is 1.62. The van der Waals surface area contributed by atoms with Gasteiger partial charge in [-0.25, -0.2) is 13.2 Å². The second-order valence-corrected chi connectivity index (χ2v) is 4.99. The van der Waals surface area contributed by atoms with Crippen molar-refractivity contribution < 1.29 is 23.4 Å². The lowest BCUT2D eigenvalue weighted by Crippen LogP contribution is -1.99. The molecule has 0 aliphatic carbocycles. The van der Waals surface area contributed by atoms with Crippen molar-refractivity contribution in [1.29, 1.82) is 0 Å². The molecule has 0 saturated heterocycles. The van der Waals surface area contributed by atoms with E-state index >= 15 is 0 Å². The zero-order chi connectivity index (χ0) is 10.9. The van der Waals surface area contributed by atoms with Crippen LogP contribution in [-0.4, -0.2) is 24.6 Å². The second-order valence-electron chi connectivity index (χ2n) is 2.42. The van der Waals surface area contributed by atoms with Crippen molar-refractivity contribution in [1.82, 2.24) is 0 Å². The van der Waals surface area contributed by atoms with Crippen LogP contribution in [0.25, 0.3) is 0 Å². The molecule has 0 bridgehead atoms. The molecule has 0 saturated carbocycles. The minimum atomic E-state index is -3.98. The molecule has 0 radical (unpaired) electrons. The smallest absolute Gasteiger partial charge is 0.339 e. The molecule has 0 aromatic heterocycles. The Balaban J connectivity index is 3.42. The summed E-state index contributed by atoms with van der Waals surface area (Å²) in [5.74, 6) is -1.94. The lowest BCUT2D eigenvalue weighted by Gasteiger charge is -2.00. The standard InChI is InChI=1S/C7H5ClO5S/c8-14(12,13)4-1-2-6(9)5(3-4)7(10)11/h1-3,9H,(H,10,11). The third kappa shape index (κ3) is 2.15. The first-order valence-electron chi connectivity index (χ1n) is 3.33. The van der Waals surface area contributed by atoms with Gasteiger partial charge in [-0.3, -0.25) is 0 Å². The summed E-state index contributed by atoms with van der Waals surface area (Å²) >= 11 is 0. The molecule has 0 aliphatic heterocycles. The molecule has 5 nitrogen and oxygen atoms in total. The maximum Gasteiger partial charge on any atom is 0.339 e. The van der Waals surface area contributed by atoms with E-state index in [1.807, 2.05) is 0 Å². The highest BCUT2D eigenvalue weighted by Crippen LogP contribution is 2.23. The number of aromatic hydroxyl groups is 1. The number of carboxylic acids is 1. The summed E-state index contributed by atoms with van der Waals surface area (Å²) in [4.78, 5) is 10.1. The van der Waals surface area contributed by atoms with Crippen LogP contribution in [0.2, 0.25) is 0 Å². The Kier molecular flexibility index (Phi) is 2.68. The van der Waals surface area contributed by atoms with Crippen LogP contribution in [0.15, 0.2) is 23.1 Å². The summed E-state index contributed by atoms with van der Waals surface area (Å²) in [5, 5.41) is 17.6. The van der Waals surface area contributed by atoms with E-state index in [2.05, 4.69) is 0 Å². The van der Waals surface area contributed by atoms with Crippen LogP contribution in [0.1, 0.15) is 10.4 Å². The van der Waals surface area contributed by atoms with Gasteiger partial charge in [0, 0.05) is 10.7 Å². The Morgan fingerprint density at radius 1 is 1.36 bits per heavy atom. The Morgan fingerprint density at radius 2 is 1.93 bits per heavy atom. The number of halogens is 1. The summed E-state index contributed by atoms with van der Waals surface area (Å²) in [7, 11) is 1.01. The summed E-state index contributed by atoms with van der Waals surface area (Å²) in [5.41, 5.74) is -0.508. The highest BCUT2D eigenvalue weighted by atomic mass is 35.7. The average molecular weight is 237 g/mol. The molecule has 7 heteroatoms. The van der Waals surface area contributed by atoms with E-state index in [4.69, 9.17) is 20.9 Å². The molecule has 0 atom stereocenters. The lowest BCUT2D eigenvalue weighted by molar-refractivity contribution is 0.0693. The molecule has 0 heterocycles. The molecule has 0 amide bonds. The van der Waals surface area contributed by atoms with E-state index in [-0.39, 0.29) is 4.90 Å². The monoisotopic (exact) mass is 236 g/mol. The molecule has 14 heavy (non-hydrogen) atoms. The first-order chi connectivity index (χ1) is 6.32. The van der Waals surface area contributed by atoms with Gasteiger partial charge in [0.25, 0.3) is 9.05 Å². The first kappa shape index (κ1) is 10.8. The summed E-state index contributed by atoms with van der Waals surface area (Å²) in [6, 6.07) is 2.77. The highest BCUT2D eigenvalue weighted by molar-refractivity contribution is 8.13. The number of rotatable bonds is 2. The maximum absolute atomic E-state index is 10.8. The van der Waals surface area contributed by atoms with Gasteiger partial charge in [0.15, 0.2) is 0 Å². The summed E-state index contributed by atoms with van der Waals surface area (Å²) in [6.07, 6.45) is 0. The van der Waals surface area contributed by atoms with Gasteiger partial charge in [-0.2, -0.15) is 0 Å².